The van der Waals surface area contributed by atoms with E-state index in [-0.39, 0.29) is 18.4 Å². The van der Waals surface area contributed by atoms with Gasteiger partial charge in [0.25, 0.3) is 0 Å². The number of hydrogen-bond acceptors (Lipinski definition) is 4. The zero-order valence-corrected chi connectivity index (χ0v) is 22.4. The van der Waals surface area contributed by atoms with Crippen LogP contribution in [0.1, 0.15) is 34.1 Å². The van der Waals surface area contributed by atoms with Gasteiger partial charge in [0.1, 0.15) is 0 Å². The average Bonchev–Trinajstić information content (AvgIpc) is 3.36. The van der Waals surface area contributed by atoms with Crippen molar-refractivity contribution in [3.63, 3.8) is 0 Å². The fourth-order valence-electron chi connectivity index (χ4n) is 4.52. The van der Waals surface area contributed by atoms with Crippen molar-refractivity contribution in [1.29, 1.82) is 0 Å². The molecule has 1 atom stereocenters. The van der Waals surface area contributed by atoms with Crippen molar-refractivity contribution < 1.29 is 14.3 Å². The predicted octanol–water partition coefficient (Wildman–Crippen LogP) is 6.39. The number of carbonyl (C=O) groups excluding carboxylic acids is 2. The Balaban J connectivity index is 2.20. The van der Waals surface area contributed by atoms with E-state index in [9.17, 15) is 9.59 Å². The fraction of sp³-hybridized carbons (Fsp3) is 0.143. The second kappa shape index (κ2) is 9.95. The fourth-order valence-corrected chi connectivity index (χ4v) is 15.0. The molecule has 0 radical (unpaired) electrons. The molecule has 34 heavy (non-hydrogen) atoms. The van der Waals surface area contributed by atoms with Gasteiger partial charge in [0, 0.05) is 0 Å². The van der Waals surface area contributed by atoms with Gasteiger partial charge in [-0.15, -0.1) is 0 Å². The second-order valence-corrected chi connectivity index (χ2v) is 17.7. The van der Waals surface area contributed by atoms with E-state index in [1.165, 1.54) is 11.3 Å². The summed E-state index contributed by atoms with van der Waals surface area (Å²) in [6, 6.07) is 34.1. The predicted molar refractivity (Wildman–Crippen MR) is 148 cm³/mol. The summed E-state index contributed by atoms with van der Waals surface area (Å²) in [6.45, 7) is 3.63. The van der Waals surface area contributed by atoms with Crippen LogP contribution in [0.3, 0.4) is 0 Å². The van der Waals surface area contributed by atoms with E-state index in [0.29, 0.717) is 4.88 Å². The van der Waals surface area contributed by atoms with Gasteiger partial charge in [-0.2, -0.15) is 0 Å². The van der Waals surface area contributed by atoms with Gasteiger partial charge >= 0.3 is 213 Å². The molecule has 0 bridgehead atoms. The Bertz CT molecular complexity index is 1190. The number of thiophene rings is 1. The molecule has 0 saturated heterocycles. The molecule has 3 nitrogen and oxygen atoms in total. The molecule has 4 aromatic rings. The van der Waals surface area contributed by atoms with Crippen LogP contribution in [-0.4, -0.2) is 18.4 Å². The maximum absolute atomic E-state index is 14.0. The van der Waals surface area contributed by atoms with Gasteiger partial charge in [0.05, 0.1) is 0 Å². The first-order chi connectivity index (χ1) is 16.4. The quantitative estimate of drug-likeness (QED) is 0.144. The summed E-state index contributed by atoms with van der Waals surface area (Å²) in [4.78, 5) is 27.6. The molecule has 1 unspecified atom stereocenters. The van der Waals surface area contributed by atoms with Crippen LogP contribution < -0.4 is 15.9 Å². The van der Waals surface area contributed by atoms with Crippen molar-refractivity contribution in [2.75, 3.05) is 6.61 Å². The van der Waals surface area contributed by atoms with Crippen LogP contribution in [0, 0.1) is 0 Å². The summed E-state index contributed by atoms with van der Waals surface area (Å²) in [6.07, 6.45) is 0. The number of benzene rings is 3. The van der Waals surface area contributed by atoms with Crippen LogP contribution in [0.15, 0.2) is 103 Å². The zero-order chi connectivity index (χ0) is 24.2. The molecule has 0 amide bonds. The van der Waals surface area contributed by atoms with Crippen LogP contribution in [0.2, 0.25) is 0 Å². The molecule has 0 fully saturated rings. The molecular weight excluding hydrogens is 527 g/mol. The van der Waals surface area contributed by atoms with E-state index in [1.807, 2.05) is 73.7 Å². The molecule has 0 spiro atoms. The van der Waals surface area contributed by atoms with Crippen LogP contribution >= 0.6 is 32.1 Å². The Morgan fingerprint density at radius 2 is 1.24 bits per heavy atom. The summed E-state index contributed by atoms with van der Waals surface area (Å²) in [5, 5.41) is -0.664. The van der Waals surface area contributed by atoms with Crippen molar-refractivity contribution in [3.8, 4) is 0 Å². The van der Waals surface area contributed by atoms with E-state index >= 15 is 0 Å². The number of rotatable bonds is 8. The minimum atomic E-state index is -3.71. The Hall–Kier alpha value is -2.59. The van der Waals surface area contributed by atoms with Gasteiger partial charge in [-0.1, -0.05) is 0 Å². The summed E-state index contributed by atoms with van der Waals surface area (Å²) in [5.74, 6) is -0.335. The molecule has 0 saturated carbocycles. The third-order valence-corrected chi connectivity index (χ3v) is 17.7. The minimum absolute atomic E-state index is 0.0205. The Labute approximate surface area is 212 Å². The van der Waals surface area contributed by atoms with Gasteiger partial charge in [-0.05, 0) is 0 Å². The van der Waals surface area contributed by atoms with E-state index in [0.717, 1.165) is 20.8 Å². The van der Waals surface area contributed by atoms with E-state index in [2.05, 4.69) is 51.9 Å². The normalized spacial score (nSPS) is 13.4. The van der Waals surface area contributed by atoms with Crippen molar-refractivity contribution in [2.24, 2.45) is 0 Å². The molecule has 0 aliphatic carbocycles. The molecule has 3 aromatic carbocycles. The van der Waals surface area contributed by atoms with Gasteiger partial charge in [-0.3, -0.25) is 0 Å². The van der Waals surface area contributed by atoms with Crippen LogP contribution in [0.4, 0.5) is 0 Å². The monoisotopic (exact) mass is 552 g/mol. The first-order valence-corrected chi connectivity index (χ1v) is 16.2. The Morgan fingerprint density at radius 3 is 1.59 bits per heavy atom. The molecule has 0 N–H and O–H groups in total. The number of Topliss-reactive ketones (excluding diaryl/α,β-unsaturated/α-hetero) is 1. The van der Waals surface area contributed by atoms with Crippen LogP contribution in [0.25, 0.3) is 0 Å². The van der Waals surface area contributed by atoms with Gasteiger partial charge < -0.3 is 0 Å². The Morgan fingerprint density at radius 1 is 0.794 bits per heavy atom. The topological polar surface area (TPSA) is 43.4 Å². The number of halogens is 1. The third-order valence-electron chi connectivity index (χ3n) is 6.02. The number of ether oxygens (including phenoxy) is 1. The molecule has 6 heteroatoms. The van der Waals surface area contributed by atoms with Crippen molar-refractivity contribution in [3.05, 3.63) is 113 Å². The van der Waals surface area contributed by atoms with E-state index in [1.54, 1.807) is 6.92 Å². The zero-order valence-electron chi connectivity index (χ0n) is 19.1. The first kappa shape index (κ1) is 24.5. The molecule has 174 valence electrons. The molecule has 4 rings (SSSR count). The van der Waals surface area contributed by atoms with Gasteiger partial charge in [-0.25, -0.2) is 0 Å². The first-order valence-electron chi connectivity index (χ1n) is 11.1. The van der Waals surface area contributed by atoms with Crippen molar-refractivity contribution >= 4 is 59.8 Å². The van der Waals surface area contributed by atoms with Crippen molar-refractivity contribution in [2.45, 2.75) is 19.5 Å². The summed E-state index contributed by atoms with van der Waals surface area (Å²) >= 11 is 5.75. The van der Waals surface area contributed by atoms with Gasteiger partial charge in [0.2, 0.25) is 0 Å². The summed E-state index contributed by atoms with van der Waals surface area (Å²) < 4.78 is 5.75. The maximum atomic E-state index is 14.0. The molecule has 0 aliphatic rings. The number of hydrogen-bond donors (Lipinski definition) is 0. The van der Waals surface area contributed by atoms with E-state index in [4.69, 9.17) is 4.74 Å². The standard InChI is InChI=1S/C28H26BrO3PS/c1-3-32-28(31)27(26-20-19-25(34-26)21(2)30)33(29,22-13-7-4-8-14-22,23-15-9-5-10-16-23)24-17-11-6-12-18-24/h4-20,27H,3H2,1-2H3. The van der Waals surface area contributed by atoms with Crippen LogP contribution in [0.5, 0.6) is 0 Å². The molecule has 1 heterocycles. The van der Waals surface area contributed by atoms with Crippen molar-refractivity contribution in [1.82, 2.24) is 0 Å². The third kappa shape index (κ3) is 3.96. The van der Waals surface area contributed by atoms with Gasteiger partial charge in [0.15, 0.2) is 0 Å². The summed E-state index contributed by atoms with van der Waals surface area (Å²) in [5.41, 5.74) is -0.684. The van der Waals surface area contributed by atoms with Crippen LogP contribution in [-0.2, 0) is 9.53 Å². The van der Waals surface area contributed by atoms with E-state index < -0.39 is 11.0 Å². The number of esters is 1. The summed E-state index contributed by atoms with van der Waals surface area (Å²) in [7, 11) is 0. The second-order valence-electron chi connectivity index (χ2n) is 7.99. The average molecular weight is 553 g/mol. The number of ketones is 1. The Kier molecular flexibility index (Phi) is 7.18. The molecular formula is C28H26BrO3PS. The molecule has 0 aliphatic heterocycles. The molecule has 1 aromatic heterocycles. The SMILES string of the molecule is CCOC(=O)C(c1ccc(C(C)=O)s1)P(Br)(c1ccccc1)(c1ccccc1)c1ccccc1. The number of carbonyl (C=O) groups is 2.